The van der Waals surface area contributed by atoms with Crippen LogP contribution in [0.25, 0.3) is 6.08 Å². The Morgan fingerprint density at radius 3 is 2.53 bits per heavy atom. The number of halogens is 2. The number of likely N-dealkylation sites (N-methyl/N-ethyl adjacent to an activating group) is 1. The molecule has 0 radical (unpaired) electrons. The summed E-state index contributed by atoms with van der Waals surface area (Å²) in [7, 11) is -2.48. The van der Waals surface area contributed by atoms with Gasteiger partial charge in [0.25, 0.3) is 15.9 Å². The van der Waals surface area contributed by atoms with E-state index >= 15 is 0 Å². The number of methoxy groups -OCH3 is 1. The zero-order valence-corrected chi connectivity index (χ0v) is 23.1. The predicted molar refractivity (Wildman–Crippen MR) is 146 cm³/mol. The van der Waals surface area contributed by atoms with E-state index in [1.54, 1.807) is 37.3 Å². The van der Waals surface area contributed by atoms with Gasteiger partial charge < -0.3 is 9.47 Å². The molecular formula is C24H20Cl2N2O5S3. The summed E-state index contributed by atoms with van der Waals surface area (Å²) < 4.78 is 41.0. The van der Waals surface area contributed by atoms with E-state index in [2.05, 4.69) is 4.40 Å². The molecule has 0 atom stereocenters. The molecular weight excluding hydrogens is 563 g/mol. The number of nitrogens with zero attached hydrogens (tertiary/aromatic N) is 2. The van der Waals surface area contributed by atoms with Crippen LogP contribution in [0, 0.1) is 0 Å². The van der Waals surface area contributed by atoms with Crippen molar-refractivity contribution >= 4 is 73.5 Å². The maximum atomic E-state index is 13.0. The molecule has 1 saturated heterocycles. The molecule has 36 heavy (non-hydrogen) atoms. The van der Waals surface area contributed by atoms with E-state index in [1.165, 1.54) is 24.1 Å². The van der Waals surface area contributed by atoms with E-state index in [0.29, 0.717) is 31.3 Å². The van der Waals surface area contributed by atoms with Crippen molar-refractivity contribution in [2.45, 2.75) is 17.7 Å². The lowest BCUT2D eigenvalue weighted by molar-refractivity contribution is -0.122. The summed E-state index contributed by atoms with van der Waals surface area (Å²) in [5.74, 6) is 0.659. The van der Waals surface area contributed by atoms with E-state index in [1.807, 2.05) is 18.2 Å². The highest BCUT2D eigenvalue weighted by atomic mass is 35.5. The highest BCUT2D eigenvalue weighted by Gasteiger charge is 2.34. The maximum absolute atomic E-state index is 13.0. The molecule has 0 bridgehead atoms. The van der Waals surface area contributed by atoms with Crippen LogP contribution in [0.3, 0.4) is 0 Å². The third-order valence-corrected chi connectivity index (χ3v) is 9.49. The van der Waals surface area contributed by atoms with E-state index in [9.17, 15) is 13.2 Å². The van der Waals surface area contributed by atoms with Crippen molar-refractivity contribution in [3.8, 4) is 11.5 Å². The van der Waals surface area contributed by atoms with Gasteiger partial charge in [-0.1, -0.05) is 47.5 Å². The van der Waals surface area contributed by atoms with Crippen LogP contribution in [0.4, 0.5) is 0 Å². The second-order valence-corrected chi connectivity index (χ2v) is 12.3. The van der Waals surface area contributed by atoms with Crippen molar-refractivity contribution in [3.63, 3.8) is 0 Å². The van der Waals surface area contributed by atoms with Crippen molar-refractivity contribution in [2.24, 2.45) is 4.40 Å². The topological polar surface area (TPSA) is 85.3 Å². The van der Waals surface area contributed by atoms with Gasteiger partial charge in [-0.15, -0.1) is 15.7 Å². The van der Waals surface area contributed by atoms with Crippen molar-refractivity contribution in [1.29, 1.82) is 0 Å². The average Bonchev–Trinajstić information content (AvgIpc) is 3.42. The van der Waals surface area contributed by atoms with Gasteiger partial charge in [-0.05, 0) is 60.7 Å². The molecule has 1 fully saturated rings. The summed E-state index contributed by atoms with van der Waals surface area (Å²) in [6.45, 7) is 2.28. The van der Waals surface area contributed by atoms with Gasteiger partial charge in [-0.2, -0.15) is 8.42 Å². The number of hydrogen-bond donors (Lipinski definition) is 0. The fourth-order valence-corrected chi connectivity index (χ4v) is 7.15. The lowest BCUT2D eigenvalue weighted by Crippen LogP contribution is -2.29. The van der Waals surface area contributed by atoms with Crippen molar-refractivity contribution in [2.75, 3.05) is 13.7 Å². The molecule has 4 rings (SSSR count). The van der Waals surface area contributed by atoms with E-state index in [-0.39, 0.29) is 28.4 Å². The summed E-state index contributed by atoms with van der Waals surface area (Å²) >= 11 is 14.0. The molecule has 0 aliphatic carbocycles. The van der Waals surface area contributed by atoms with Crippen LogP contribution in [0.5, 0.6) is 11.5 Å². The molecule has 0 spiro atoms. The number of hydrogen-bond acceptors (Lipinski definition) is 7. The molecule has 0 saturated carbocycles. The second kappa shape index (κ2) is 11.3. The zero-order valence-electron chi connectivity index (χ0n) is 19.1. The second-order valence-electron chi connectivity index (χ2n) is 7.36. The summed E-state index contributed by atoms with van der Waals surface area (Å²) in [5, 5.41) is 0.696. The number of thioether (sulfide) groups is 1. The van der Waals surface area contributed by atoms with E-state index in [0.717, 1.165) is 28.7 Å². The van der Waals surface area contributed by atoms with Crippen molar-refractivity contribution in [3.05, 3.63) is 80.0 Å². The van der Waals surface area contributed by atoms with Crippen molar-refractivity contribution in [1.82, 2.24) is 4.90 Å². The number of benzene rings is 2. The lowest BCUT2D eigenvalue weighted by atomic mass is 10.1. The number of thiophene rings is 1. The number of amidine groups is 1. The molecule has 188 valence electrons. The zero-order chi connectivity index (χ0) is 25.9. The van der Waals surface area contributed by atoms with Gasteiger partial charge in [0.15, 0.2) is 16.7 Å². The SMILES string of the molecule is CCN1C(=O)/C(=C/c2ccc(OCc3ccccc3Cl)c(OC)c2)S/C1=N/S(=O)(=O)c1ccc(Cl)s1. The number of carbonyl (C=O) groups excluding carboxylic acids is 1. The monoisotopic (exact) mass is 582 g/mol. The number of rotatable bonds is 8. The minimum absolute atomic E-state index is 0.0126. The highest BCUT2D eigenvalue weighted by Crippen LogP contribution is 2.36. The number of amides is 1. The highest BCUT2D eigenvalue weighted by molar-refractivity contribution is 8.19. The van der Waals surface area contributed by atoms with Crippen LogP contribution in [-0.4, -0.2) is 38.0 Å². The lowest BCUT2D eigenvalue weighted by Gasteiger charge is -2.12. The Balaban J connectivity index is 1.57. The number of carbonyl (C=O) groups is 1. The molecule has 1 aliphatic heterocycles. The Morgan fingerprint density at radius 1 is 1.08 bits per heavy atom. The number of sulfonamides is 1. The first-order valence-electron chi connectivity index (χ1n) is 10.6. The van der Waals surface area contributed by atoms with Gasteiger partial charge in [-0.25, -0.2) is 0 Å². The Labute approximate surface area is 227 Å². The summed E-state index contributed by atoms with van der Waals surface area (Å²) in [4.78, 5) is 14.6. The quantitative estimate of drug-likeness (QED) is 0.289. The molecule has 2 heterocycles. The predicted octanol–water partition coefficient (Wildman–Crippen LogP) is 6.32. The Hall–Kier alpha value is -2.50. The normalized spacial score (nSPS) is 16.2. The van der Waals surface area contributed by atoms with Crippen LogP contribution in [-0.2, 0) is 21.4 Å². The van der Waals surface area contributed by atoms with Gasteiger partial charge in [0.05, 0.1) is 16.4 Å². The largest absolute Gasteiger partial charge is 0.493 e. The smallest absolute Gasteiger partial charge is 0.294 e. The Kier molecular flexibility index (Phi) is 8.31. The minimum atomic E-state index is -4.00. The van der Waals surface area contributed by atoms with Gasteiger partial charge in [0.2, 0.25) is 0 Å². The summed E-state index contributed by atoms with van der Waals surface area (Å²) in [6.07, 6.45) is 1.66. The first-order chi connectivity index (χ1) is 17.2. The molecule has 12 heteroatoms. The molecule has 3 aromatic rings. The minimum Gasteiger partial charge on any atom is -0.493 e. The first kappa shape index (κ1) is 26.6. The molecule has 1 aliphatic rings. The molecule has 1 aromatic heterocycles. The van der Waals surface area contributed by atoms with Crippen LogP contribution in [0.1, 0.15) is 18.1 Å². The Bertz CT molecular complexity index is 1470. The molecule has 2 aromatic carbocycles. The van der Waals surface area contributed by atoms with Crippen LogP contribution in [0.15, 0.2) is 68.1 Å². The summed E-state index contributed by atoms with van der Waals surface area (Å²) in [5.41, 5.74) is 1.52. The first-order valence-corrected chi connectivity index (χ1v) is 14.4. The van der Waals surface area contributed by atoms with Gasteiger partial charge in [-0.3, -0.25) is 9.69 Å². The van der Waals surface area contributed by atoms with Crippen molar-refractivity contribution < 1.29 is 22.7 Å². The van der Waals surface area contributed by atoms with Crippen LogP contribution >= 0.6 is 46.3 Å². The van der Waals surface area contributed by atoms with Gasteiger partial charge >= 0.3 is 0 Å². The fraction of sp³-hybridized carbons (Fsp3) is 0.167. The van der Waals surface area contributed by atoms with Gasteiger partial charge in [0, 0.05) is 17.1 Å². The van der Waals surface area contributed by atoms with E-state index in [4.69, 9.17) is 32.7 Å². The third-order valence-electron chi connectivity index (χ3n) is 5.03. The number of ether oxygens (including phenoxy) is 2. The third kappa shape index (κ3) is 5.90. The average molecular weight is 584 g/mol. The summed E-state index contributed by atoms with van der Waals surface area (Å²) in [6, 6.07) is 15.5. The van der Waals surface area contributed by atoms with Crippen LogP contribution < -0.4 is 9.47 Å². The molecule has 1 amide bonds. The molecule has 0 N–H and O–H groups in total. The Morgan fingerprint density at radius 2 is 1.86 bits per heavy atom. The maximum Gasteiger partial charge on any atom is 0.294 e. The molecule has 0 unspecified atom stereocenters. The van der Waals surface area contributed by atoms with Crippen LogP contribution in [0.2, 0.25) is 9.36 Å². The molecule has 7 nitrogen and oxygen atoms in total. The van der Waals surface area contributed by atoms with Gasteiger partial charge in [0.1, 0.15) is 10.8 Å². The fourth-order valence-electron chi connectivity index (χ4n) is 3.25. The van der Waals surface area contributed by atoms with E-state index < -0.39 is 10.0 Å². The standard InChI is InChI=1S/C24H20Cl2N2O5S3/c1-3-28-23(29)20(34-24(28)27-36(30,31)22-11-10-21(26)35-22)13-15-8-9-18(19(12-15)32-2)33-14-16-6-4-5-7-17(16)25/h4-13H,3,14H2,1-2H3/b20-13-,27-24+.